The van der Waals surface area contributed by atoms with Gasteiger partial charge in [-0.15, -0.1) is 0 Å². The van der Waals surface area contributed by atoms with Crippen LogP contribution in [0.5, 0.6) is 0 Å². The number of aromatic nitrogens is 3. The third-order valence-corrected chi connectivity index (χ3v) is 4.23. The fourth-order valence-corrected chi connectivity index (χ4v) is 2.44. The highest BCUT2D eigenvalue weighted by atomic mass is 16.5. The molecule has 0 saturated heterocycles. The van der Waals surface area contributed by atoms with Crippen LogP contribution in [-0.2, 0) is 0 Å². The van der Waals surface area contributed by atoms with Gasteiger partial charge in [-0.3, -0.25) is 4.79 Å². The standard InChI is InChI=1S/C19H19N5O2/c1-3-13(2)16-9-18(26-23-16)19(25)22-17(10-20)14-11-21-24(12-14)15-7-5-4-6-8-15/h4-9,11-13,17H,3H2,1-2H3,(H,22,25)/t13-,17-/m1/s1. The molecule has 0 fully saturated rings. The van der Waals surface area contributed by atoms with Crippen LogP contribution in [0.2, 0.25) is 0 Å². The number of hydrogen-bond donors (Lipinski definition) is 1. The maximum absolute atomic E-state index is 12.4. The van der Waals surface area contributed by atoms with Gasteiger partial charge in [0.2, 0.25) is 5.76 Å². The minimum absolute atomic E-state index is 0.0935. The molecule has 0 bridgehead atoms. The van der Waals surface area contributed by atoms with Gasteiger partial charge in [0.25, 0.3) is 5.91 Å². The Hall–Kier alpha value is -3.40. The molecular weight excluding hydrogens is 330 g/mol. The minimum atomic E-state index is -0.836. The first kappa shape index (κ1) is 17.4. The van der Waals surface area contributed by atoms with E-state index in [2.05, 4.69) is 21.6 Å². The Bertz CT molecular complexity index is 923. The van der Waals surface area contributed by atoms with Gasteiger partial charge < -0.3 is 9.84 Å². The average Bonchev–Trinajstić information content (AvgIpc) is 3.36. The fraction of sp³-hybridized carbons (Fsp3) is 0.263. The van der Waals surface area contributed by atoms with E-state index in [9.17, 15) is 10.1 Å². The van der Waals surface area contributed by atoms with Crippen molar-refractivity contribution in [3.63, 3.8) is 0 Å². The van der Waals surface area contributed by atoms with Gasteiger partial charge in [0.1, 0.15) is 6.04 Å². The molecule has 2 heterocycles. The lowest BCUT2D eigenvalue weighted by atomic mass is 10.1. The molecule has 2 atom stereocenters. The molecule has 0 radical (unpaired) electrons. The molecule has 0 aliphatic carbocycles. The Morgan fingerprint density at radius 1 is 1.38 bits per heavy atom. The van der Waals surface area contributed by atoms with Gasteiger partial charge in [-0.05, 0) is 18.6 Å². The van der Waals surface area contributed by atoms with E-state index >= 15 is 0 Å². The number of nitrogens with one attached hydrogen (secondary N) is 1. The smallest absolute Gasteiger partial charge is 0.291 e. The van der Waals surface area contributed by atoms with Crippen molar-refractivity contribution in [2.45, 2.75) is 32.2 Å². The highest BCUT2D eigenvalue weighted by Gasteiger charge is 2.21. The van der Waals surface area contributed by atoms with Crippen LogP contribution in [0.15, 0.2) is 53.3 Å². The molecule has 26 heavy (non-hydrogen) atoms. The molecule has 1 aromatic carbocycles. The summed E-state index contributed by atoms with van der Waals surface area (Å²) >= 11 is 0. The number of para-hydroxylation sites is 1. The van der Waals surface area contributed by atoms with Crippen LogP contribution in [-0.4, -0.2) is 20.8 Å². The van der Waals surface area contributed by atoms with Crippen molar-refractivity contribution in [2.24, 2.45) is 0 Å². The Labute approximate surface area is 151 Å². The number of hydrogen-bond acceptors (Lipinski definition) is 5. The average molecular weight is 349 g/mol. The lowest BCUT2D eigenvalue weighted by Gasteiger charge is -2.07. The van der Waals surface area contributed by atoms with Crippen molar-refractivity contribution >= 4 is 5.91 Å². The Kier molecular flexibility index (Phi) is 5.13. The Morgan fingerprint density at radius 3 is 2.85 bits per heavy atom. The molecule has 7 nitrogen and oxygen atoms in total. The van der Waals surface area contributed by atoms with Crippen molar-refractivity contribution < 1.29 is 9.32 Å². The van der Waals surface area contributed by atoms with Crippen LogP contribution < -0.4 is 5.32 Å². The molecular formula is C19H19N5O2. The van der Waals surface area contributed by atoms with Gasteiger partial charge in [-0.1, -0.05) is 37.2 Å². The van der Waals surface area contributed by atoms with Gasteiger partial charge in [0, 0.05) is 23.7 Å². The van der Waals surface area contributed by atoms with E-state index in [4.69, 9.17) is 4.52 Å². The molecule has 3 aromatic rings. The lowest BCUT2D eigenvalue weighted by molar-refractivity contribution is 0.0908. The summed E-state index contributed by atoms with van der Waals surface area (Å²) in [6.45, 7) is 4.05. The maximum Gasteiger partial charge on any atom is 0.291 e. The minimum Gasteiger partial charge on any atom is -0.351 e. The summed E-state index contributed by atoms with van der Waals surface area (Å²) in [5, 5.41) is 20.3. The molecule has 0 aliphatic rings. The normalized spacial score (nSPS) is 13.0. The van der Waals surface area contributed by atoms with Gasteiger partial charge in [-0.25, -0.2) is 4.68 Å². The van der Waals surface area contributed by atoms with Crippen LogP contribution in [0.4, 0.5) is 0 Å². The molecule has 0 saturated carbocycles. The van der Waals surface area contributed by atoms with Crippen molar-refractivity contribution in [1.82, 2.24) is 20.3 Å². The second-order valence-corrected chi connectivity index (χ2v) is 6.01. The van der Waals surface area contributed by atoms with E-state index in [1.165, 1.54) is 0 Å². The molecule has 132 valence electrons. The van der Waals surface area contributed by atoms with Gasteiger partial charge in [0.05, 0.1) is 23.6 Å². The van der Waals surface area contributed by atoms with E-state index in [0.29, 0.717) is 5.56 Å². The number of nitriles is 1. The molecule has 0 unspecified atom stereocenters. The zero-order chi connectivity index (χ0) is 18.5. The number of benzene rings is 1. The molecule has 1 amide bonds. The first-order valence-corrected chi connectivity index (χ1v) is 8.39. The third kappa shape index (κ3) is 3.64. The zero-order valence-electron chi connectivity index (χ0n) is 14.6. The maximum atomic E-state index is 12.4. The van der Waals surface area contributed by atoms with E-state index in [1.807, 2.05) is 44.2 Å². The van der Waals surface area contributed by atoms with Crippen molar-refractivity contribution in [3.8, 4) is 11.8 Å². The second kappa shape index (κ2) is 7.66. The first-order valence-electron chi connectivity index (χ1n) is 8.39. The van der Waals surface area contributed by atoms with Crippen LogP contribution in [0.25, 0.3) is 5.69 Å². The highest BCUT2D eigenvalue weighted by molar-refractivity contribution is 5.91. The second-order valence-electron chi connectivity index (χ2n) is 6.01. The van der Waals surface area contributed by atoms with Gasteiger partial charge in [-0.2, -0.15) is 10.4 Å². The van der Waals surface area contributed by atoms with Crippen molar-refractivity contribution in [3.05, 3.63) is 65.8 Å². The Morgan fingerprint density at radius 2 is 2.15 bits per heavy atom. The van der Waals surface area contributed by atoms with Crippen molar-refractivity contribution in [2.75, 3.05) is 0 Å². The lowest BCUT2D eigenvalue weighted by Crippen LogP contribution is -2.27. The van der Waals surface area contributed by atoms with Crippen molar-refractivity contribution in [1.29, 1.82) is 5.26 Å². The third-order valence-electron chi connectivity index (χ3n) is 4.23. The zero-order valence-corrected chi connectivity index (χ0v) is 14.6. The summed E-state index contributed by atoms with van der Waals surface area (Å²) in [5.41, 5.74) is 2.18. The van der Waals surface area contributed by atoms with Gasteiger partial charge in [0.15, 0.2) is 0 Å². The number of amides is 1. The number of carbonyl (C=O) groups excluding carboxylic acids is 1. The van der Waals surface area contributed by atoms with E-state index < -0.39 is 11.9 Å². The summed E-state index contributed by atoms with van der Waals surface area (Å²) in [5.74, 6) is -0.182. The number of rotatable bonds is 6. The van der Waals surface area contributed by atoms with Crippen LogP contribution in [0.1, 0.15) is 54.0 Å². The summed E-state index contributed by atoms with van der Waals surface area (Å²) < 4.78 is 6.77. The molecule has 0 aliphatic heterocycles. The molecule has 0 spiro atoms. The summed E-state index contributed by atoms with van der Waals surface area (Å²) in [6.07, 6.45) is 4.17. The van der Waals surface area contributed by atoms with E-state index in [-0.39, 0.29) is 11.7 Å². The number of carbonyl (C=O) groups is 1. The summed E-state index contributed by atoms with van der Waals surface area (Å²) in [7, 11) is 0. The first-order chi connectivity index (χ1) is 12.6. The predicted octanol–water partition coefficient (Wildman–Crippen LogP) is 3.37. The fourth-order valence-electron chi connectivity index (χ4n) is 2.44. The summed E-state index contributed by atoms with van der Waals surface area (Å²) in [6, 6.07) is 12.4. The Balaban J connectivity index is 1.74. The monoisotopic (exact) mass is 349 g/mol. The summed E-state index contributed by atoms with van der Waals surface area (Å²) in [4.78, 5) is 12.4. The van der Waals surface area contributed by atoms with Gasteiger partial charge >= 0.3 is 0 Å². The number of nitrogens with zero attached hydrogens (tertiary/aromatic N) is 4. The van der Waals surface area contributed by atoms with E-state index in [1.54, 1.807) is 23.1 Å². The van der Waals surface area contributed by atoms with Crippen LogP contribution in [0, 0.1) is 11.3 Å². The SMILES string of the molecule is CC[C@@H](C)c1cc(C(=O)N[C@H](C#N)c2cnn(-c3ccccc3)c2)on1. The van der Waals surface area contributed by atoms with Crippen LogP contribution in [0.3, 0.4) is 0 Å². The molecule has 7 heteroatoms. The highest BCUT2D eigenvalue weighted by Crippen LogP contribution is 2.19. The molecule has 2 aromatic heterocycles. The molecule has 1 N–H and O–H groups in total. The molecule has 3 rings (SSSR count). The van der Waals surface area contributed by atoms with E-state index in [0.717, 1.165) is 17.8 Å². The quantitative estimate of drug-likeness (QED) is 0.736. The topological polar surface area (TPSA) is 96.7 Å². The van der Waals surface area contributed by atoms with Crippen LogP contribution >= 0.6 is 0 Å². The predicted molar refractivity (Wildman–Crippen MR) is 94.6 cm³/mol. The largest absolute Gasteiger partial charge is 0.351 e.